The molecule has 1 aromatic heterocycles. The summed E-state index contributed by atoms with van der Waals surface area (Å²) >= 11 is 7.46. The van der Waals surface area contributed by atoms with Crippen molar-refractivity contribution < 1.29 is 14.6 Å². The lowest BCUT2D eigenvalue weighted by Crippen LogP contribution is -2.01. The molecule has 2 aromatic rings. The van der Waals surface area contributed by atoms with Gasteiger partial charge in [-0.1, -0.05) is 29.8 Å². The van der Waals surface area contributed by atoms with Crippen LogP contribution in [0.4, 0.5) is 0 Å². The van der Waals surface area contributed by atoms with Crippen molar-refractivity contribution in [3.8, 4) is 10.6 Å². The van der Waals surface area contributed by atoms with E-state index in [4.69, 9.17) is 21.4 Å². The zero-order chi connectivity index (χ0) is 13.8. The Morgan fingerprint density at radius 1 is 1.47 bits per heavy atom. The summed E-state index contributed by atoms with van der Waals surface area (Å²) in [6, 6.07) is 7.36. The topological polar surface area (TPSA) is 59.4 Å². The van der Waals surface area contributed by atoms with Crippen LogP contribution in [-0.4, -0.2) is 23.2 Å². The van der Waals surface area contributed by atoms with Crippen molar-refractivity contribution in [3.63, 3.8) is 0 Å². The van der Waals surface area contributed by atoms with E-state index in [9.17, 15) is 4.79 Å². The molecule has 0 saturated heterocycles. The molecule has 0 radical (unpaired) electrons. The number of thiazole rings is 1. The molecular weight excluding hydrogens is 286 g/mol. The van der Waals surface area contributed by atoms with Crippen LogP contribution in [0.5, 0.6) is 0 Å². The van der Waals surface area contributed by atoms with E-state index in [1.807, 2.05) is 18.2 Å². The van der Waals surface area contributed by atoms with Crippen LogP contribution < -0.4 is 0 Å². The fourth-order valence-corrected chi connectivity index (χ4v) is 3.03. The minimum atomic E-state index is -0.883. The lowest BCUT2D eigenvalue weighted by atomic mass is 10.2. The molecule has 1 N–H and O–H groups in total. The summed E-state index contributed by atoms with van der Waals surface area (Å²) < 4.78 is 5.05. The first-order valence-electron chi connectivity index (χ1n) is 5.56. The third-order valence-electron chi connectivity index (χ3n) is 2.48. The van der Waals surface area contributed by atoms with Gasteiger partial charge in [0.15, 0.2) is 0 Å². The number of carboxylic acid groups (broad SMARTS) is 1. The van der Waals surface area contributed by atoms with Crippen molar-refractivity contribution in [2.75, 3.05) is 7.11 Å². The monoisotopic (exact) mass is 297 g/mol. The molecule has 0 saturated carbocycles. The first kappa shape index (κ1) is 14.0. The fourth-order valence-electron chi connectivity index (χ4n) is 1.66. The Labute approximate surface area is 119 Å². The Hall–Kier alpha value is -1.43. The zero-order valence-electron chi connectivity index (χ0n) is 10.2. The SMILES string of the molecule is COCc1nc(-c2ccccc2Cl)sc1CC(=O)O. The second-order valence-corrected chi connectivity index (χ2v) is 5.36. The zero-order valence-corrected chi connectivity index (χ0v) is 11.8. The van der Waals surface area contributed by atoms with Crippen LogP contribution in [-0.2, 0) is 22.6 Å². The van der Waals surface area contributed by atoms with Gasteiger partial charge >= 0.3 is 5.97 Å². The van der Waals surface area contributed by atoms with Crippen molar-refractivity contribution in [2.45, 2.75) is 13.0 Å². The smallest absolute Gasteiger partial charge is 0.308 e. The number of carbonyl (C=O) groups is 1. The van der Waals surface area contributed by atoms with Gasteiger partial charge in [0, 0.05) is 17.6 Å². The maximum atomic E-state index is 10.8. The molecule has 0 amide bonds. The van der Waals surface area contributed by atoms with E-state index in [0.717, 1.165) is 5.56 Å². The number of hydrogen-bond donors (Lipinski definition) is 1. The Bertz CT molecular complexity index is 597. The van der Waals surface area contributed by atoms with Crippen molar-refractivity contribution in [1.29, 1.82) is 0 Å². The molecule has 2 rings (SSSR count). The number of rotatable bonds is 5. The molecule has 0 spiro atoms. The highest BCUT2D eigenvalue weighted by Crippen LogP contribution is 2.33. The third-order valence-corrected chi connectivity index (χ3v) is 3.94. The Balaban J connectivity index is 2.42. The van der Waals surface area contributed by atoms with Crippen molar-refractivity contribution in [1.82, 2.24) is 4.98 Å². The Morgan fingerprint density at radius 2 is 2.21 bits per heavy atom. The third kappa shape index (κ3) is 3.32. The van der Waals surface area contributed by atoms with Gasteiger partial charge in [0.25, 0.3) is 0 Å². The largest absolute Gasteiger partial charge is 0.481 e. The van der Waals surface area contributed by atoms with Crippen LogP contribution in [0.3, 0.4) is 0 Å². The lowest BCUT2D eigenvalue weighted by Gasteiger charge is -1.98. The number of nitrogens with zero attached hydrogens (tertiary/aromatic N) is 1. The average molecular weight is 298 g/mol. The molecule has 4 nitrogen and oxygen atoms in total. The molecule has 0 fully saturated rings. The summed E-state index contributed by atoms with van der Waals surface area (Å²) in [5, 5.41) is 10.2. The number of halogens is 1. The van der Waals surface area contributed by atoms with E-state index in [-0.39, 0.29) is 6.42 Å². The number of methoxy groups -OCH3 is 1. The molecule has 0 atom stereocenters. The average Bonchev–Trinajstić information content (AvgIpc) is 2.72. The first-order valence-corrected chi connectivity index (χ1v) is 6.75. The van der Waals surface area contributed by atoms with Crippen molar-refractivity contribution >= 4 is 28.9 Å². The molecule has 1 heterocycles. The van der Waals surface area contributed by atoms with Crippen LogP contribution in [0, 0.1) is 0 Å². The maximum absolute atomic E-state index is 10.8. The highest BCUT2D eigenvalue weighted by atomic mass is 35.5. The van der Waals surface area contributed by atoms with Gasteiger partial charge in [-0.2, -0.15) is 0 Å². The molecule has 6 heteroatoms. The van der Waals surface area contributed by atoms with E-state index in [1.165, 1.54) is 11.3 Å². The van der Waals surface area contributed by atoms with Gasteiger partial charge in [-0.3, -0.25) is 4.79 Å². The highest BCUT2D eigenvalue weighted by Gasteiger charge is 2.16. The van der Waals surface area contributed by atoms with E-state index in [2.05, 4.69) is 4.98 Å². The minimum absolute atomic E-state index is 0.0547. The van der Waals surface area contributed by atoms with E-state index in [0.29, 0.717) is 27.2 Å². The summed E-state index contributed by atoms with van der Waals surface area (Å²) in [7, 11) is 1.55. The summed E-state index contributed by atoms with van der Waals surface area (Å²) in [5.41, 5.74) is 1.47. The second-order valence-electron chi connectivity index (χ2n) is 3.87. The predicted molar refractivity (Wildman–Crippen MR) is 74.6 cm³/mol. The molecule has 1 aromatic carbocycles. The fraction of sp³-hybridized carbons (Fsp3) is 0.231. The molecular formula is C13H12ClNO3S. The number of benzene rings is 1. The van der Waals surface area contributed by atoms with E-state index < -0.39 is 5.97 Å². The first-order chi connectivity index (χ1) is 9.11. The summed E-state index contributed by atoms with van der Waals surface area (Å²) in [6.07, 6.45) is -0.0547. The van der Waals surface area contributed by atoms with Gasteiger partial charge in [0.2, 0.25) is 0 Å². The predicted octanol–water partition coefficient (Wildman–Crippen LogP) is 3.24. The summed E-state index contributed by atoms with van der Waals surface area (Å²) in [5.74, 6) is -0.883. The van der Waals surface area contributed by atoms with Gasteiger partial charge in [-0.15, -0.1) is 11.3 Å². The normalized spacial score (nSPS) is 10.6. The molecule has 0 bridgehead atoms. The van der Waals surface area contributed by atoms with E-state index in [1.54, 1.807) is 13.2 Å². The number of aliphatic carboxylic acids is 1. The molecule has 0 aliphatic rings. The van der Waals surface area contributed by atoms with Gasteiger partial charge in [-0.05, 0) is 6.07 Å². The van der Waals surface area contributed by atoms with E-state index >= 15 is 0 Å². The highest BCUT2D eigenvalue weighted by molar-refractivity contribution is 7.15. The Kier molecular flexibility index (Phi) is 4.52. The molecule has 0 unspecified atom stereocenters. The number of hydrogen-bond acceptors (Lipinski definition) is 4. The van der Waals surface area contributed by atoms with Crippen molar-refractivity contribution in [2.24, 2.45) is 0 Å². The van der Waals surface area contributed by atoms with Gasteiger partial charge < -0.3 is 9.84 Å². The molecule has 0 aliphatic carbocycles. The Morgan fingerprint density at radius 3 is 2.84 bits per heavy atom. The van der Waals surface area contributed by atoms with Crippen molar-refractivity contribution in [3.05, 3.63) is 39.9 Å². The van der Waals surface area contributed by atoms with Gasteiger partial charge in [0.05, 0.1) is 23.7 Å². The molecule has 100 valence electrons. The second kappa shape index (κ2) is 6.14. The minimum Gasteiger partial charge on any atom is -0.481 e. The van der Waals surface area contributed by atoms with Crippen LogP contribution in [0.1, 0.15) is 10.6 Å². The number of carboxylic acids is 1. The number of aromatic nitrogens is 1. The molecule has 0 aliphatic heterocycles. The van der Waals surface area contributed by atoms with Crippen LogP contribution in [0.2, 0.25) is 5.02 Å². The van der Waals surface area contributed by atoms with Crippen LogP contribution in [0.25, 0.3) is 10.6 Å². The summed E-state index contributed by atoms with van der Waals surface area (Å²) in [4.78, 5) is 16.0. The lowest BCUT2D eigenvalue weighted by molar-refractivity contribution is -0.136. The maximum Gasteiger partial charge on any atom is 0.308 e. The number of ether oxygens (including phenoxy) is 1. The van der Waals surface area contributed by atoms with Crippen LogP contribution >= 0.6 is 22.9 Å². The van der Waals surface area contributed by atoms with Crippen LogP contribution in [0.15, 0.2) is 24.3 Å². The standard InChI is InChI=1S/C13H12ClNO3S/c1-18-7-10-11(6-12(16)17)19-13(15-10)8-4-2-3-5-9(8)14/h2-5H,6-7H2,1H3,(H,16,17). The van der Waals surface area contributed by atoms with Gasteiger partial charge in [-0.25, -0.2) is 4.98 Å². The molecule has 19 heavy (non-hydrogen) atoms. The van der Waals surface area contributed by atoms with Gasteiger partial charge in [0.1, 0.15) is 5.01 Å². The summed E-state index contributed by atoms with van der Waals surface area (Å²) in [6.45, 7) is 0.295. The quantitative estimate of drug-likeness (QED) is 0.920.